The van der Waals surface area contributed by atoms with Crippen LogP contribution in [-0.4, -0.2) is 51.5 Å². The number of hydrogen-bond donors (Lipinski definition) is 1. The molecule has 3 rings (SSSR count). The number of likely N-dealkylation sites (tertiary alicyclic amines) is 1. The van der Waals surface area contributed by atoms with Gasteiger partial charge in [0.25, 0.3) is 11.8 Å². The third kappa shape index (κ3) is 4.98. The Labute approximate surface area is 174 Å². The monoisotopic (exact) mass is 465 g/mol. The number of hydrogen-bond acceptors (Lipinski definition) is 4. The van der Waals surface area contributed by atoms with E-state index in [0.717, 1.165) is 14.9 Å². The van der Waals surface area contributed by atoms with Crippen LogP contribution >= 0.6 is 15.9 Å². The first kappa shape index (κ1) is 20.9. The molecular formula is C19H18BrF2N5O2. The third-order valence-electron chi connectivity index (χ3n) is 4.59. The molecule has 1 atom stereocenters. The molecule has 29 heavy (non-hydrogen) atoms. The first-order chi connectivity index (χ1) is 13.7. The summed E-state index contributed by atoms with van der Waals surface area (Å²) in [5, 5.41) is 15.7. The summed E-state index contributed by atoms with van der Waals surface area (Å²) in [5.41, 5.74) is 1.77. The third-order valence-corrected chi connectivity index (χ3v) is 5.12. The van der Waals surface area contributed by atoms with Crippen LogP contribution in [0.2, 0.25) is 0 Å². The number of aromatic nitrogens is 2. The van der Waals surface area contributed by atoms with Crippen LogP contribution in [0.4, 0.5) is 8.78 Å². The van der Waals surface area contributed by atoms with Gasteiger partial charge in [-0.25, -0.2) is 8.78 Å². The number of alkyl halides is 2. The van der Waals surface area contributed by atoms with Crippen LogP contribution in [0.3, 0.4) is 0 Å². The number of carbonyl (C=O) groups is 2. The number of nitriles is 1. The molecule has 1 saturated heterocycles. The zero-order chi connectivity index (χ0) is 21.2. The van der Waals surface area contributed by atoms with Gasteiger partial charge in [0.2, 0.25) is 5.91 Å². The Kier molecular flexibility index (Phi) is 5.98. The molecule has 2 amide bonds. The first-order valence-corrected chi connectivity index (χ1v) is 9.61. The minimum atomic E-state index is -3.09. The molecule has 0 aliphatic carbocycles. The zero-order valence-corrected chi connectivity index (χ0v) is 17.1. The number of aryl methyl sites for hydroxylation is 1. The summed E-state index contributed by atoms with van der Waals surface area (Å²) in [6, 6.07) is 8.18. The largest absolute Gasteiger partial charge is 0.343 e. The molecule has 1 aromatic heterocycles. The number of nitrogens with zero attached hydrogens (tertiary/aromatic N) is 4. The molecule has 1 aromatic carbocycles. The fraction of sp³-hybridized carbons (Fsp3) is 0.368. The molecule has 0 bridgehead atoms. The van der Waals surface area contributed by atoms with E-state index in [2.05, 4.69) is 26.3 Å². The zero-order valence-electron chi connectivity index (χ0n) is 15.5. The van der Waals surface area contributed by atoms with Crippen molar-refractivity contribution in [3.8, 4) is 6.07 Å². The van der Waals surface area contributed by atoms with E-state index in [9.17, 15) is 18.4 Å². The Morgan fingerprint density at radius 3 is 2.72 bits per heavy atom. The van der Waals surface area contributed by atoms with Gasteiger partial charge in [-0.2, -0.15) is 10.4 Å². The molecule has 0 spiro atoms. The highest BCUT2D eigenvalue weighted by atomic mass is 79.9. The van der Waals surface area contributed by atoms with Gasteiger partial charge in [-0.1, -0.05) is 28.1 Å². The molecule has 1 fully saturated rings. The summed E-state index contributed by atoms with van der Waals surface area (Å²) in [6.45, 7) is 0.850. The smallest absolute Gasteiger partial charge is 0.268 e. The Hall–Kier alpha value is -2.80. The van der Waals surface area contributed by atoms with Crippen LogP contribution in [0.25, 0.3) is 0 Å². The summed E-state index contributed by atoms with van der Waals surface area (Å²) < 4.78 is 29.5. The fourth-order valence-corrected chi connectivity index (χ4v) is 3.41. The number of halogens is 3. The lowest BCUT2D eigenvalue weighted by Gasteiger charge is -2.19. The Bertz CT molecular complexity index is 968. The van der Waals surface area contributed by atoms with E-state index >= 15 is 0 Å². The summed E-state index contributed by atoms with van der Waals surface area (Å²) in [7, 11) is 0. The van der Waals surface area contributed by atoms with E-state index in [-0.39, 0.29) is 0 Å². The van der Waals surface area contributed by atoms with Crippen molar-refractivity contribution in [3.05, 3.63) is 51.8 Å². The summed E-state index contributed by atoms with van der Waals surface area (Å²) in [6.07, 6.45) is 0.879. The fourth-order valence-electron chi connectivity index (χ4n) is 3.15. The van der Waals surface area contributed by atoms with E-state index < -0.39 is 43.3 Å². The van der Waals surface area contributed by atoms with Crippen LogP contribution in [-0.2, 0) is 11.3 Å². The van der Waals surface area contributed by atoms with Gasteiger partial charge in [0.1, 0.15) is 6.04 Å². The van der Waals surface area contributed by atoms with Crippen LogP contribution < -0.4 is 5.32 Å². The van der Waals surface area contributed by atoms with Crippen LogP contribution in [0.15, 0.2) is 34.9 Å². The van der Waals surface area contributed by atoms with Crippen molar-refractivity contribution in [1.82, 2.24) is 20.0 Å². The van der Waals surface area contributed by atoms with Crippen molar-refractivity contribution in [2.45, 2.75) is 31.9 Å². The van der Waals surface area contributed by atoms with E-state index in [1.807, 2.05) is 24.3 Å². The van der Waals surface area contributed by atoms with Crippen LogP contribution in [0.5, 0.6) is 0 Å². The normalized spacial score (nSPS) is 17.8. The highest BCUT2D eigenvalue weighted by molar-refractivity contribution is 9.10. The lowest BCUT2D eigenvalue weighted by molar-refractivity contribution is -0.131. The van der Waals surface area contributed by atoms with Gasteiger partial charge in [-0.15, -0.1) is 0 Å². The van der Waals surface area contributed by atoms with Crippen LogP contribution in [0, 0.1) is 18.3 Å². The molecule has 2 heterocycles. The lowest BCUT2D eigenvalue weighted by atomic mass is 10.2. The molecule has 0 radical (unpaired) electrons. The quantitative estimate of drug-likeness (QED) is 0.734. The number of amides is 2. The lowest BCUT2D eigenvalue weighted by Crippen LogP contribution is -2.43. The van der Waals surface area contributed by atoms with Crippen molar-refractivity contribution in [2.75, 3.05) is 13.1 Å². The van der Waals surface area contributed by atoms with E-state index in [1.165, 1.54) is 0 Å². The highest BCUT2D eigenvalue weighted by Crippen LogP contribution is 2.31. The second-order valence-electron chi connectivity index (χ2n) is 6.86. The van der Waals surface area contributed by atoms with Gasteiger partial charge in [-0.05, 0) is 24.6 Å². The summed E-state index contributed by atoms with van der Waals surface area (Å²) in [4.78, 5) is 25.4. The molecule has 1 aliphatic heterocycles. The van der Waals surface area contributed by atoms with Crippen molar-refractivity contribution in [2.24, 2.45) is 0 Å². The van der Waals surface area contributed by atoms with E-state index in [0.29, 0.717) is 17.8 Å². The molecule has 10 heteroatoms. The molecular weight excluding hydrogens is 448 g/mol. The maximum Gasteiger partial charge on any atom is 0.268 e. The molecule has 0 saturated carbocycles. The van der Waals surface area contributed by atoms with E-state index in [1.54, 1.807) is 23.9 Å². The van der Waals surface area contributed by atoms with Gasteiger partial charge >= 0.3 is 0 Å². The predicted octanol–water partition coefficient (Wildman–Crippen LogP) is 2.49. The Balaban J connectivity index is 1.61. The van der Waals surface area contributed by atoms with Gasteiger partial charge < -0.3 is 10.2 Å². The van der Waals surface area contributed by atoms with Crippen molar-refractivity contribution >= 4 is 27.7 Å². The van der Waals surface area contributed by atoms with Gasteiger partial charge in [-0.3, -0.25) is 14.3 Å². The molecule has 1 N–H and O–H groups in total. The van der Waals surface area contributed by atoms with E-state index in [4.69, 9.17) is 5.26 Å². The number of nitrogens with one attached hydrogen (secondary N) is 1. The molecule has 1 aliphatic rings. The average molecular weight is 466 g/mol. The minimum Gasteiger partial charge on any atom is -0.343 e. The minimum absolute atomic E-state index is 0.290. The topological polar surface area (TPSA) is 91.0 Å². The molecule has 7 nitrogen and oxygen atoms in total. The first-order valence-electron chi connectivity index (χ1n) is 8.82. The second kappa shape index (κ2) is 8.29. The molecule has 152 valence electrons. The maximum absolute atomic E-state index is 13.5. The SMILES string of the molecule is Cc1nn(Cc2ccc(Br)cc2)cc1C(=O)NCC(=O)N1CC(F)(F)C[C@H]1C#N. The van der Waals surface area contributed by atoms with Crippen molar-refractivity contribution < 1.29 is 18.4 Å². The number of benzene rings is 1. The predicted molar refractivity (Wildman–Crippen MR) is 103 cm³/mol. The molecule has 0 unspecified atom stereocenters. The average Bonchev–Trinajstić information content (AvgIpc) is 3.20. The van der Waals surface area contributed by atoms with Gasteiger partial charge in [0, 0.05) is 17.1 Å². The van der Waals surface area contributed by atoms with Gasteiger partial charge in [0.15, 0.2) is 0 Å². The number of rotatable bonds is 5. The summed E-state index contributed by atoms with van der Waals surface area (Å²) >= 11 is 3.37. The van der Waals surface area contributed by atoms with Crippen LogP contribution in [0.1, 0.15) is 28.0 Å². The molecule has 2 aromatic rings. The number of carbonyl (C=O) groups excluding carboxylic acids is 2. The Morgan fingerprint density at radius 1 is 1.38 bits per heavy atom. The Morgan fingerprint density at radius 2 is 2.07 bits per heavy atom. The summed E-state index contributed by atoms with van der Waals surface area (Å²) in [5.74, 6) is -4.34. The van der Waals surface area contributed by atoms with Gasteiger partial charge in [0.05, 0.1) is 37.0 Å². The highest BCUT2D eigenvalue weighted by Gasteiger charge is 2.47. The van der Waals surface area contributed by atoms with Crippen molar-refractivity contribution in [1.29, 1.82) is 5.26 Å². The maximum atomic E-state index is 13.5. The standard InChI is InChI=1S/C19H18BrF2N5O2/c1-12-16(10-26(25-12)9-13-2-4-14(20)5-3-13)18(29)24-8-17(28)27-11-19(21,22)6-15(27)7-23/h2-5,10,15H,6,8-9,11H2,1H3,(H,24,29)/t15-/m0/s1. The second-order valence-corrected chi connectivity index (χ2v) is 7.78. The van der Waals surface area contributed by atoms with Crippen molar-refractivity contribution in [3.63, 3.8) is 0 Å².